The van der Waals surface area contributed by atoms with Crippen LogP contribution in [0, 0.1) is 5.82 Å². The maximum atomic E-state index is 13.1. The van der Waals surface area contributed by atoms with E-state index < -0.39 is 35.1 Å². The summed E-state index contributed by atoms with van der Waals surface area (Å²) in [5.41, 5.74) is 2.16. The Hall–Kier alpha value is -1.54. The van der Waals surface area contributed by atoms with Crippen molar-refractivity contribution in [2.24, 2.45) is 0 Å². The zero-order valence-electron chi connectivity index (χ0n) is 8.33. The van der Waals surface area contributed by atoms with Crippen LogP contribution in [0.15, 0.2) is 18.2 Å². The largest absolute Gasteiger partial charge is 0.460 e. The van der Waals surface area contributed by atoms with Gasteiger partial charge in [0.05, 0.1) is 5.69 Å². The fourth-order valence-corrected chi connectivity index (χ4v) is 1.10. The first kappa shape index (κ1) is 14.5. The topological polar surface area (TPSA) is 26.0 Å². The van der Waals surface area contributed by atoms with Crippen LogP contribution >= 0.6 is 0 Å². The second-order valence-electron chi connectivity index (χ2n) is 3.38. The van der Waals surface area contributed by atoms with Gasteiger partial charge in [-0.1, -0.05) is 0 Å². The SMILES string of the molecule is Nc1cc(C(F)(F)C(F)(F)C(F)(F)F)ccc1F. The predicted molar refractivity (Wildman–Crippen MR) is 45.7 cm³/mol. The maximum Gasteiger partial charge on any atom is 0.460 e. The van der Waals surface area contributed by atoms with Crippen molar-refractivity contribution in [2.45, 2.75) is 18.0 Å². The standard InChI is InChI=1S/C9H5F8N/c10-5-2-1-4(3-6(5)18)7(11,12)8(13,14)9(15,16)17/h1-3H,18H2. The Balaban J connectivity index is 3.33. The molecule has 1 aromatic rings. The summed E-state index contributed by atoms with van der Waals surface area (Å²) in [6, 6.07) is 0.436. The number of alkyl halides is 7. The van der Waals surface area contributed by atoms with E-state index in [9.17, 15) is 35.1 Å². The predicted octanol–water partition coefficient (Wildman–Crippen LogP) is 3.70. The second kappa shape index (κ2) is 3.99. The van der Waals surface area contributed by atoms with Gasteiger partial charge in [0.2, 0.25) is 0 Å². The fourth-order valence-electron chi connectivity index (χ4n) is 1.10. The van der Waals surface area contributed by atoms with Crippen LogP contribution in [0.3, 0.4) is 0 Å². The number of anilines is 1. The Morgan fingerprint density at radius 1 is 0.889 bits per heavy atom. The van der Waals surface area contributed by atoms with E-state index >= 15 is 0 Å². The van der Waals surface area contributed by atoms with Crippen LogP contribution in [0.5, 0.6) is 0 Å². The van der Waals surface area contributed by atoms with Crippen molar-refractivity contribution in [3.8, 4) is 0 Å². The van der Waals surface area contributed by atoms with E-state index in [1.165, 1.54) is 0 Å². The normalized spacial score (nSPS) is 13.8. The molecule has 0 unspecified atom stereocenters. The lowest BCUT2D eigenvalue weighted by Crippen LogP contribution is -2.50. The first-order chi connectivity index (χ1) is 7.91. The molecule has 1 rings (SSSR count). The molecule has 0 radical (unpaired) electrons. The lowest BCUT2D eigenvalue weighted by Gasteiger charge is -2.28. The summed E-state index contributed by atoms with van der Waals surface area (Å²) >= 11 is 0. The minimum absolute atomic E-state index is 0.0367. The number of hydrogen-bond acceptors (Lipinski definition) is 1. The summed E-state index contributed by atoms with van der Waals surface area (Å²) in [7, 11) is 0. The first-order valence-electron chi connectivity index (χ1n) is 4.29. The van der Waals surface area contributed by atoms with Gasteiger partial charge in [-0.3, -0.25) is 0 Å². The summed E-state index contributed by atoms with van der Waals surface area (Å²) in [5, 5.41) is 0. The molecule has 0 bridgehead atoms. The van der Waals surface area contributed by atoms with Crippen LogP contribution in [-0.4, -0.2) is 12.1 Å². The summed E-state index contributed by atoms with van der Waals surface area (Å²) in [5.74, 6) is -13.0. The van der Waals surface area contributed by atoms with Gasteiger partial charge in [0.25, 0.3) is 0 Å². The van der Waals surface area contributed by atoms with Crippen LogP contribution < -0.4 is 5.73 Å². The fraction of sp³-hybridized carbons (Fsp3) is 0.333. The van der Waals surface area contributed by atoms with Gasteiger partial charge in [-0.2, -0.15) is 30.7 Å². The van der Waals surface area contributed by atoms with Gasteiger partial charge in [0.1, 0.15) is 5.82 Å². The van der Waals surface area contributed by atoms with Crippen molar-refractivity contribution < 1.29 is 35.1 Å². The van der Waals surface area contributed by atoms with E-state index in [1.807, 2.05) is 0 Å². The molecule has 0 aliphatic heterocycles. The zero-order valence-corrected chi connectivity index (χ0v) is 8.33. The minimum Gasteiger partial charge on any atom is -0.396 e. The molecule has 102 valence electrons. The minimum atomic E-state index is -6.44. The van der Waals surface area contributed by atoms with Gasteiger partial charge < -0.3 is 5.73 Å². The third-order valence-electron chi connectivity index (χ3n) is 2.11. The molecule has 9 heteroatoms. The average molecular weight is 279 g/mol. The number of benzene rings is 1. The molecule has 0 aliphatic rings. The Bertz CT molecular complexity index is 450. The van der Waals surface area contributed by atoms with Crippen molar-refractivity contribution in [3.05, 3.63) is 29.6 Å². The van der Waals surface area contributed by atoms with Crippen molar-refractivity contribution in [2.75, 3.05) is 5.73 Å². The highest BCUT2D eigenvalue weighted by Gasteiger charge is 2.73. The Morgan fingerprint density at radius 2 is 1.39 bits per heavy atom. The molecule has 18 heavy (non-hydrogen) atoms. The van der Waals surface area contributed by atoms with E-state index in [1.54, 1.807) is 0 Å². The highest BCUT2D eigenvalue weighted by Crippen LogP contribution is 2.51. The molecule has 0 amide bonds. The smallest absolute Gasteiger partial charge is 0.396 e. The summed E-state index contributed by atoms with van der Waals surface area (Å²) in [4.78, 5) is 0. The molecule has 1 aromatic carbocycles. The number of nitrogens with two attached hydrogens (primary N) is 1. The van der Waals surface area contributed by atoms with Crippen molar-refractivity contribution >= 4 is 5.69 Å². The van der Waals surface area contributed by atoms with Gasteiger partial charge in [-0.25, -0.2) is 4.39 Å². The van der Waals surface area contributed by atoms with Gasteiger partial charge in [0, 0.05) is 5.56 Å². The van der Waals surface area contributed by atoms with Gasteiger partial charge in [-0.15, -0.1) is 0 Å². The lowest BCUT2D eigenvalue weighted by molar-refractivity contribution is -0.359. The summed E-state index contributed by atoms with van der Waals surface area (Å²) in [6.45, 7) is 0. The van der Waals surface area contributed by atoms with Crippen LogP contribution in [0.1, 0.15) is 5.56 Å². The monoisotopic (exact) mass is 279 g/mol. The van der Waals surface area contributed by atoms with Crippen molar-refractivity contribution in [3.63, 3.8) is 0 Å². The lowest BCUT2D eigenvalue weighted by atomic mass is 10.0. The van der Waals surface area contributed by atoms with E-state index in [4.69, 9.17) is 5.73 Å². The van der Waals surface area contributed by atoms with Gasteiger partial charge >= 0.3 is 18.0 Å². The van der Waals surface area contributed by atoms with Crippen molar-refractivity contribution in [1.82, 2.24) is 0 Å². The van der Waals surface area contributed by atoms with Crippen molar-refractivity contribution in [1.29, 1.82) is 0 Å². The van der Waals surface area contributed by atoms with E-state index in [-0.39, 0.29) is 18.2 Å². The molecule has 1 nitrogen and oxygen atoms in total. The molecular formula is C9H5F8N. The Morgan fingerprint density at radius 3 is 1.78 bits per heavy atom. The van der Waals surface area contributed by atoms with Crippen LogP contribution in [-0.2, 0) is 5.92 Å². The van der Waals surface area contributed by atoms with Crippen LogP contribution in [0.25, 0.3) is 0 Å². The molecule has 0 aromatic heterocycles. The molecule has 0 atom stereocenters. The Kier molecular flexibility index (Phi) is 3.22. The van der Waals surface area contributed by atoms with E-state index in [0.29, 0.717) is 0 Å². The first-order valence-corrected chi connectivity index (χ1v) is 4.29. The Labute approximate surface area is 95.2 Å². The summed E-state index contributed by atoms with van der Waals surface area (Å²) < 4.78 is 99.6. The molecule has 0 saturated heterocycles. The third-order valence-corrected chi connectivity index (χ3v) is 2.11. The average Bonchev–Trinajstić information content (AvgIpc) is 2.20. The molecule has 0 saturated carbocycles. The second-order valence-corrected chi connectivity index (χ2v) is 3.38. The molecule has 2 N–H and O–H groups in total. The van der Waals surface area contributed by atoms with Gasteiger partial charge in [0.15, 0.2) is 0 Å². The van der Waals surface area contributed by atoms with E-state index in [2.05, 4.69) is 0 Å². The highest BCUT2D eigenvalue weighted by molar-refractivity contribution is 5.44. The van der Waals surface area contributed by atoms with Crippen LogP contribution in [0.2, 0.25) is 0 Å². The van der Waals surface area contributed by atoms with E-state index in [0.717, 1.165) is 0 Å². The molecule has 0 heterocycles. The molecule has 0 aliphatic carbocycles. The quantitative estimate of drug-likeness (QED) is 0.648. The molecular weight excluding hydrogens is 274 g/mol. The number of nitrogen functional groups attached to an aromatic ring is 1. The zero-order chi connectivity index (χ0) is 14.4. The van der Waals surface area contributed by atoms with Crippen LogP contribution in [0.4, 0.5) is 40.8 Å². The highest BCUT2D eigenvalue weighted by atomic mass is 19.4. The maximum absolute atomic E-state index is 13.1. The molecule has 0 fully saturated rings. The van der Waals surface area contributed by atoms with Gasteiger partial charge in [-0.05, 0) is 18.2 Å². The third kappa shape index (κ3) is 2.08. The summed E-state index contributed by atoms with van der Waals surface area (Å²) in [6.07, 6.45) is -6.44. The molecule has 0 spiro atoms. The number of hydrogen-bond donors (Lipinski definition) is 1. The number of rotatable bonds is 2. The number of halogens is 8.